The van der Waals surface area contributed by atoms with E-state index in [9.17, 15) is 17.6 Å². The van der Waals surface area contributed by atoms with Gasteiger partial charge >= 0.3 is 5.97 Å². The minimum Gasteiger partial charge on any atom is -0.463 e. The predicted octanol–water partition coefficient (Wildman–Crippen LogP) is 3.26. The number of benzene rings is 1. The summed E-state index contributed by atoms with van der Waals surface area (Å²) in [5, 5.41) is -2.74. The van der Waals surface area contributed by atoms with Gasteiger partial charge in [-0.3, -0.25) is 4.72 Å². The van der Waals surface area contributed by atoms with Gasteiger partial charge in [0.1, 0.15) is 11.1 Å². The number of sulfonamides is 1. The van der Waals surface area contributed by atoms with Gasteiger partial charge in [-0.1, -0.05) is 17.7 Å². The molecule has 0 aromatic heterocycles. The highest BCUT2D eigenvalue weighted by atomic mass is 35.5. The minimum absolute atomic E-state index is 0.155. The van der Waals surface area contributed by atoms with Crippen LogP contribution in [0.4, 0.5) is 10.1 Å². The lowest BCUT2D eigenvalue weighted by molar-refractivity contribution is -0.138. The maximum Gasteiger partial charge on any atom is 0.335 e. The number of esters is 1. The van der Waals surface area contributed by atoms with Gasteiger partial charge in [0.15, 0.2) is 0 Å². The van der Waals surface area contributed by atoms with E-state index in [1.807, 2.05) is 4.72 Å². The summed E-state index contributed by atoms with van der Waals surface area (Å²) in [4.78, 5) is 12.2. The first kappa shape index (κ1) is 10.3. The molecule has 8 heteroatoms. The van der Waals surface area contributed by atoms with E-state index in [0.29, 0.717) is 6.08 Å². The van der Waals surface area contributed by atoms with Crippen molar-refractivity contribution < 1.29 is 31.9 Å². The number of anilines is 1. The van der Waals surface area contributed by atoms with E-state index in [1.165, 1.54) is 6.92 Å². The molecule has 0 spiro atoms. The molecule has 5 nitrogen and oxygen atoms in total. The van der Waals surface area contributed by atoms with Crippen LogP contribution in [0.3, 0.4) is 0 Å². The van der Waals surface area contributed by atoms with Crippen LogP contribution in [-0.4, -0.2) is 26.2 Å². The molecule has 0 saturated carbocycles. The van der Waals surface area contributed by atoms with E-state index in [4.69, 9.17) is 25.9 Å². The standard InChI is InChI=1S/C15H17ClFNO4S/c1-2-22-15(19)11-5-3-4-6-14(11)23(20,21)18-13-8-7-10(17)9-12(13)16/h5,7-9,14,18H,2-4,6H2,1H3/i3D2,4D2,7D,8D,9D. The van der Waals surface area contributed by atoms with Crippen LogP contribution in [-0.2, 0) is 19.6 Å². The van der Waals surface area contributed by atoms with Gasteiger partial charge < -0.3 is 4.74 Å². The third-order valence-electron chi connectivity index (χ3n) is 2.83. The molecule has 1 aromatic carbocycles. The van der Waals surface area contributed by atoms with E-state index < -0.39 is 80.6 Å². The number of halogens is 2. The minimum atomic E-state index is -4.78. The van der Waals surface area contributed by atoms with Gasteiger partial charge in [-0.25, -0.2) is 17.6 Å². The first-order chi connectivity index (χ1) is 13.6. The molecule has 0 heterocycles. The van der Waals surface area contributed by atoms with Crippen molar-refractivity contribution in [3.63, 3.8) is 0 Å². The highest BCUT2D eigenvalue weighted by Gasteiger charge is 2.35. The Hall–Kier alpha value is -1.60. The molecule has 0 fully saturated rings. The summed E-state index contributed by atoms with van der Waals surface area (Å²) >= 11 is 5.77. The summed E-state index contributed by atoms with van der Waals surface area (Å²) in [7, 11) is -4.78. The molecule has 1 atom stereocenters. The Bertz CT molecular complexity index is 1000. The summed E-state index contributed by atoms with van der Waals surface area (Å²) in [5.74, 6) is -2.60. The van der Waals surface area contributed by atoms with Crippen molar-refractivity contribution >= 4 is 33.3 Å². The molecule has 1 aliphatic carbocycles. The van der Waals surface area contributed by atoms with Gasteiger partial charge in [-0.05, 0) is 44.2 Å². The molecule has 1 aliphatic rings. The summed E-state index contributed by atoms with van der Waals surface area (Å²) < 4.78 is 100. The van der Waals surface area contributed by atoms with Crippen molar-refractivity contribution in [1.29, 1.82) is 0 Å². The van der Waals surface area contributed by atoms with Gasteiger partial charge in [0, 0.05) is 5.48 Å². The number of ether oxygens (including phenoxy) is 1. The zero-order valence-corrected chi connectivity index (χ0v) is 13.4. The molecule has 23 heavy (non-hydrogen) atoms. The number of carbonyl (C=O) groups is 1. The van der Waals surface area contributed by atoms with Crippen molar-refractivity contribution in [3.05, 3.63) is 40.6 Å². The summed E-state index contributed by atoms with van der Waals surface area (Å²) in [6.45, 7) is 1.28. The van der Waals surface area contributed by atoms with Crippen molar-refractivity contribution in [1.82, 2.24) is 0 Å². The lowest BCUT2D eigenvalue weighted by Gasteiger charge is -2.24. The van der Waals surface area contributed by atoms with Crippen LogP contribution in [0.5, 0.6) is 0 Å². The van der Waals surface area contributed by atoms with Gasteiger partial charge in [0.25, 0.3) is 0 Å². The Morgan fingerprint density at radius 1 is 1.61 bits per heavy atom. The first-order valence-corrected chi connectivity index (χ1v) is 8.36. The van der Waals surface area contributed by atoms with Gasteiger partial charge in [-0.15, -0.1) is 0 Å². The molecular weight excluding hydrogens is 345 g/mol. The van der Waals surface area contributed by atoms with Crippen LogP contribution in [0.25, 0.3) is 0 Å². The van der Waals surface area contributed by atoms with E-state index in [0.717, 1.165) is 0 Å². The van der Waals surface area contributed by atoms with Gasteiger partial charge in [0.2, 0.25) is 10.0 Å². The molecule has 2 rings (SSSR count). The molecule has 126 valence electrons. The second kappa shape index (κ2) is 7.31. The average molecular weight is 369 g/mol. The normalized spacial score (nSPS) is 27.0. The zero-order chi connectivity index (χ0) is 23.2. The molecule has 0 bridgehead atoms. The number of hydrogen-bond donors (Lipinski definition) is 1. The fourth-order valence-corrected chi connectivity index (χ4v) is 3.43. The molecule has 1 N–H and O–H groups in total. The first-order valence-electron chi connectivity index (χ1n) is 9.93. The Morgan fingerprint density at radius 2 is 2.35 bits per heavy atom. The van der Waals surface area contributed by atoms with Crippen LogP contribution in [0.2, 0.25) is 5.02 Å². The summed E-state index contributed by atoms with van der Waals surface area (Å²) in [6, 6.07) is -3.07. The molecule has 1 aromatic rings. The molecule has 0 aliphatic heterocycles. The van der Waals surface area contributed by atoms with Crippen LogP contribution in [0.1, 0.15) is 35.7 Å². The van der Waals surface area contributed by atoms with E-state index in [-0.39, 0.29) is 6.61 Å². The van der Waals surface area contributed by atoms with E-state index in [1.54, 1.807) is 0 Å². The zero-order valence-electron chi connectivity index (χ0n) is 18.9. The summed E-state index contributed by atoms with van der Waals surface area (Å²) in [5.41, 5.74) is -1.45. The molecule has 0 saturated heterocycles. The number of allylic oxidation sites excluding steroid dienone is 1. The molecule has 0 radical (unpaired) electrons. The third-order valence-corrected chi connectivity index (χ3v) is 4.77. The Balaban J connectivity index is 2.62. The van der Waals surface area contributed by atoms with Crippen LogP contribution in [0, 0.1) is 5.82 Å². The topological polar surface area (TPSA) is 72.5 Å². The Kier molecular flexibility index (Phi) is 3.28. The molecule has 0 amide bonds. The monoisotopic (exact) mass is 368 g/mol. The Labute approximate surface area is 149 Å². The largest absolute Gasteiger partial charge is 0.463 e. The quantitative estimate of drug-likeness (QED) is 0.809. The van der Waals surface area contributed by atoms with Crippen LogP contribution < -0.4 is 4.72 Å². The van der Waals surface area contributed by atoms with Crippen molar-refractivity contribution in [2.45, 2.75) is 31.3 Å². The van der Waals surface area contributed by atoms with Gasteiger partial charge in [0.05, 0.1) is 27.0 Å². The lowest BCUT2D eigenvalue weighted by atomic mass is 9.99. The van der Waals surface area contributed by atoms with Crippen molar-refractivity contribution in [3.8, 4) is 0 Å². The molecular formula is C15H17ClFNO4S. The summed E-state index contributed by atoms with van der Waals surface area (Å²) in [6.07, 6.45) is -5.82. The average Bonchev–Trinajstić information content (AvgIpc) is 2.64. The third kappa shape index (κ3) is 4.23. The van der Waals surface area contributed by atoms with Crippen LogP contribution in [0.15, 0.2) is 29.8 Å². The molecule has 1 unspecified atom stereocenters. The number of carbonyl (C=O) groups excluding carboxylic acids is 1. The fourth-order valence-electron chi connectivity index (χ4n) is 1.81. The van der Waals surface area contributed by atoms with E-state index in [2.05, 4.69) is 0 Å². The predicted molar refractivity (Wildman–Crippen MR) is 86.3 cm³/mol. The van der Waals surface area contributed by atoms with Crippen LogP contribution >= 0.6 is 11.6 Å². The maximum atomic E-state index is 13.7. The smallest absolute Gasteiger partial charge is 0.335 e. The van der Waals surface area contributed by atoms with E-state index >= 15 is 0 Å². The number of hydrogen-bond acceptors (Lipinski definition) is 4. The number of nitrogens with one attached hydrogen (secondary N) is 1. The highest BCUT2D eigenvalue weighted by Crippen LogP contribution is 2.30. The maximum absolute atomic E-state index is 13.7. The van der Waals surface area contributed by atoms with Crippen molar-refractivity contribution in [2.24, 2.45) is 0 Å². The highest BCUT2D eigenvalue weighted by molar-refractivity contribution is 7.93. The second-order valence-electron chi connectivity index (χ2n) is 4.36. The second-order valence-corrected chi connectivity index (χ2v) is 6.60. The SMILES string of the molecule is [2H]c1c([2H])c(NS(=O)(=O)C2CC([2H])([2H])C([2H])([2H])C=C2C(=O)OCC)c(Cl)c([2H])c1F. The van der Waals surface area contributed by atoms with Gasteiger partial charge in [-0.2, -0.15) is 0 Å². The number of rotatable bonds is 5. The lowest BCUT2D eigenvalue weighted by Crippen LogP contribution is -2.34. The Morgan fingerprint density at radius 3 is 3.04 bits per heavy atom. The fraction of sp³-hybridized carbons (Fsp3) is 0.400. The van der Waals surface area contributed by atoms with Crippen molar-refractivity contribution in [2.75, 3.05) is 11.3 Å².